The Morgan fingerprint density at radius 3 is 2.41 bits per heavy atom. The second-order valence-corrected chi connectivity index (χ2v) is 8.67. The minimum Gasteiger partial charge on any atom is -0.394 e. The van der Waals surface area contributed by atoms with Crippen LogP contribution in [0.1, 0.15) is 51.9 Å². The quantitative estimate of drug-likeness (QED) is 0.247. The van der Waals surface area contributed by atoms with Crippen molar-refractivity contribution >= 4 is 5.78 Å². The molecule has 0 saturated carbocycles. The lowest BCUT2D eigenvalue weighted by atomic mass is 9.92. The van der Waals surface area contributed by atoms with Crippen molar-refractivity contribution in [3.05, 3.63) is 0 Å². The molecule has 0 amide bonds. The maximum atomic E-state index is 12.1. The molecule has 10 heteroatoms. The van der Waals surface area contributed by atoms with Gasteiger partial charge in [0.1, 0.15) is 24.9 Å². The number of ketones is 1. The van der Waals surface area contributed by atoms with Crippen LogP contribution in [0.15, 0.2) is 0 Å². The molecule has 188 valence electrons. The van der Waals surface area contributed by atoms with Gasteiger partial charge in [0, 0.05) is 32.5 Å². The van der Waals surface area contributed by atoms with Crippen molar-refractivity contribution in [3.8, 4) is 0 Å². The largest absolute Gasteiger partial charge is 0.394 e. The van der Waals surface area contributed by atoms with E-state index in [4.69, 9.17) is 23.7 Å². The average molecular weight is 465 g/mol. The van der Waals surface area contributed by atoms with Crippen LogP contribution in [0.2, 0.25) is 0 Å². The van der Waals surface area contributed by atoms with E-state index in [-0.39, 0.29) is 24.8 Å². The Morgan fingerprint density at radius 1 is 0.969 bits per heavy atom. The summed E-state index contributed by atoms with van der Waals surface area (Å²) < 4.78 is 27.2. The van der Waals surface area contributed by atoms with E-state index in [2.05, 4.69) is 0 Å². The molecule has 0 aromatic heterocycles. The molecule has 10 nitrogen and oxygen atoms in total. The minimum absolute atomic E-state index is 0.0483. The molecule has 8 atom stereocenters. The van der Waals surface area contributed by atoms with Crippen LogP contribution >= 0.6 is 0 Å². The fourth-order valence-electron chi connectivity index (χ4n) is 3.94. The van der Waals surface area contributed by atoms with Crippen molar-refractivity contribution in [2.24, 2.45) is 5.92 Å². The topological polar surface area (TPSA) is 144 Å². The SMILES string of the molecule is COC[C@H]1O[C@@H](OCCCCCCCC(=O)CO[C@@H]2OC(CO)[C@H](O)[C@H](O)C2C)CC1O. The monoisotopic (exact) mass is 464 g/mol. The molecular weight excluding hydrogens is 424 g/mol. The summed E-state index contributed by atoms with van der Waals surface area (Å²) in [4.78, 5) is 12.1. The Balaban J connectivity index is 1.47. The average Bonchev–Trinajstić information content (AvgIpc) is 3.12. The first-order chi connectivity index (χ1) is 15.4. The van der Waals surface area contributed by atoms with Gasteiger partial charge in [-0.3, -0.25) is 4.79 Å². The summed E-state index contributed by atoms with van der Waals surface area (Å²) in [6.45, 7) is 2.03. The zero-order valence-electron chi connectivity index (χ0n) is 19.1. The summed E-state index contributed by atoms with van der Waals surface area (Å²) in [5.74, 6) is -0.556. The van der Waals surface area contributed by atoms with E-state index in [0.29, 0.717) is 26.1 Å². The molecule has 3 unspecified atom stereocenters. The second kappa shape index (κ2) is 14.5. The summed E-state index contributed by atoms with van der Waals surface area (Å²) in [6.07, 6.45) is 0.124. The third kappa shape index (κ3) is 8.58. The normalized spacial score (nSPS) is 35.3. The number of aliphatic hydroxyl groups excluding tert-OH is 4. The number of hydrogen-bond donors (Lipinski definition) is 4. The maximum Gasteiger partial charge on any atom is 0.163 e. The van der Waals surface area contributed by atoms with Gasteiger partial charge in [-0.05, 0) is 12.8 Å². The predicted octanol–water partition coefficient (Wildman–Crippen LogP) is 0.127. The number of hydrogen-bond acceptors (Lipinski definition) is 10. The lowest BCUT2D eigenvalue weighted by Gasteiger charge is -2.40. The van der Waals surface area contributed by atoms with Gasteiger partial charge in [-0.1, -0.05) is 26.2 Å². The van der Waals surface area contributed by atoms with Gasteiger partial charge in [-0.15, -0.1) is 0 Å². The standard InChI is InChI=1S/C22H40O10/c1-14-20(26)21(27)17(11-23)32-22(14)30-12-15(24)8-6-4-3-5-7-9-29-19-10-16(25)18(31-19)13-28-2/h14,16-23,25-27H,3-13H2,1-2H3/t14?,16?,17?,18-,19-,20-,21+,22-/m1/s1. The summed E-state index contributed by atoms with van der Waals surface area (Å²) in [6, 6.07) is 0. The molecule has 32 heavy (non-hydrogen) atoms. The number of carbonyl (C=O) groups excluding carboxylic acids is 1. The van der Waals surface area contributed by atoms with Gasteiger partial charge in [0.05, 0.1) is 25.4 Å². The molecule has 2 rings (SSSR count). The highest BCUT2D eigenvalue weighted by molar-refractivity contribution is 5.79. The summed E-state index contributed by atoms with van der Waals surface area (Å²) in [5.41, 5.74) is 0. The molecule has 2 fully saturated rings. The van der Waals surface area contributed by atoms with E-state index in [0.717, 1.165) is 32.1 Å². The number of methoxy groups -OCH3 is 1. The molecule has 0 bridgehead atoms. The van der Waals surface area contributed by atoms with Crippen LogP contribution in [0.3, 0.4) is 0 Å². The number of rotatable bonds is 15. The molecule has 2 aliphatic heterocycles. The molecule has 0 aliphatic carbocycles. The van der Waals surface area contributed by atoms with Crippen molar-refractivity contribution in [3.63, 3.8) is 0 Å². The van der Waals surface area contributed by atoms with Crippen LogP contribution in [-0.2, 0) is 28.5 Å². The van der Waals surface area contributed by atoms with Gasteiger partial charge in [-0.2, -0.15) is 0 Å². The van der Waals surface area contributed by atoms with Gasteiger partial charge >= 0.3 is 0 Å². The lowest BCUT2D eigenvalue weighted by molar-refractivity contribution is -0.280. The lowest BCUT2D eigenvalue weighted by Crippen LogP contribution is -2.55. The summed E-state index contributed by atoms with van der Waals surface area (Å²) in [5, 5.41) is 38.9. The highest BCUT2D eigenvalue weighted by Crippen LogP contribution is 2.26. The Morgan fingerprint density at radius 2 is 1.69 bits per heavy atom. The zero-order valence-corrected chi connectivity index (χ0v) is 19.1. The van der Waals surface area contributed by atoms with Gasteiger partial charge in [-0.25, -0.2) is 0 Å². The number of carbonyl (C=O) groups is 1. The molecule has 4 N–H and O–H groups in total. The Hall–Kier alpha value is -0.690. The van der Waals surface area contributed by atoms with Crippen LogP contribution in [0, 0.1) is 5.92 Å². The maximum absolute atomic E-state index is 12.1. The van der Waals surface area contributed by atoms with Crippen molar-refractivity contribution in [2.75, 3.05) is 33.5 Å². The first kappa shape index (κ1) is 27.6. The third-order valence-electron chi connectivity index (χ3n) is 6.02. The summed E-state index contributed by atoms with van der Waals surface area (Å²) >= 11 is 0. The van der Waals surface area contributed by atoms with Crippen molar-refractivity contribution < 1.29 is 48.9 Å². The Kier molecular flexibility index (Phi) is 12.5. The van der Waals surface area contributed by atoms with Gasteiger partial charge < -0.3 is 44.1 Å². The fraction of sp³-hybridized carbons (Fsp3) is 0.955. The second-order valence-electron chi connectivity index (χ2n) is 8.67. The first-order valence-electron chi connectivity index (χ1n) is 11.6. The molecule has 2 saturated heterocycles. The first-order valence-corrected chi connectivity index (χ1v) is 11.6. The van der Waals surface area contributed by atoms with E-state index >= 15 is 0 Å². The molecule has 0 aromatic carbocycles. The van der Waals surface area contributed by atoms with Crippen LogP contribution in [0.4, 0.5) is 0 Å². The van der Waals surface area contributed by atoms with Crippen molar-refractivity contribution in [1.82, 2.24) is 0 Å². The Bertz CT molecular complexity index is 531. The van der Waals surface area contributed by atoms with Gasteiger partial charge in [0.15, 0.2) is 18.4 Å². The van der Waals surface area contributed by atoms with Crippen molar-refractivity contribution in [1.29, 1.82) is 0 Å². The number of aliphatic hydroxyl groups is 4. The predicted molar refractivity (Wildman–Crippen MR) is 113 cm³/mol. The molecule has 0 radical (unpaired) electrons. The van der Waals surface area contributed by atoms with E-state index in [9.17, 15) is 25.2 Å². The smallest absolute Gasteiger partial charge is 0.163 e. The fourth-order valence-corrected chi connectivity index (χ4v) is 3.94. The van der Waals surface area contributed by atoms with Crippen molar-refractivity contribution in [2.45, 2.75) is 95.0 Å². The number of ether oxygens (including phenoxy) is 5. The number of unbranched alkanes of at least 4 members (excludes halogenated alkanes) is 4. The molecule has 0 spiro atoms. The van der Waals surface area contributed by atoms with E-state index in [1.54, 1.807) is 14.0 Å². The minimum atomic E-state index is -1.18. The highest BCUT2D eigenvalue weighted by atomic mass is 16.7. The van der Waals surface area contributed by atoms with E-state index in [1.165, 1.54) is 0 Å². The van der Waals surface area contributed by atoms with E-state index in [1.807, 2.05) is 0 Å². The summed E-state index contributed by atoms with van der Waals surface area (Å²) in [7, 11) is 1.57. The van der Waals surface area contributed by atoms with Crippen LogP contribution in [0.25, 0.3) is 0 Å². The Labute approximate surface area is 189 Å². The molecule has 2 heterocycles. The van der Waals surface area contributed by atoms with E-state index < -0.39 is 43.2 Å². The van der Waals surface area contributed by atoms with Crippen LogP contribution in [-0.4, -0.2) is 103 Å². The number of Topliss-reactive ketones (excluding diaryl/α,β-unsaturated/α-hetero) is 1. The third-order valence-corrected chi connectivity index (χ3v) is 6.02. The zero-order chi connectivity index (χ0) is 23.5. The van der Waals surface area contributed by atoms with Gasteiger partial charge in [0.25, 0.3) is 0 Å². The molecule has 2 aliphatic rings. The van der Waals surface area contributed by atoms with Crippen LogP contribution in [0.5, 0.6) is 0 Å². The molecular formula is C22H40O10. The highest BCUT2D eigenvalue weighted by Gasteiger charge is 2.42. The molecule has 0 aromatic rings. The van der Waals surface area contributed by atoms with Crippen LogP contribution < -0.4 is 0 Å². The van der Waals surface area contributed by atoms with Gasteiger partial charge in [0.2, 0.25) is 0 Å².